The van der Waals surface area contributed by atoms with Crippen molar-refractivity contribution in [1.82, 2.24) is 15.1 Å². The van der Waals surface area contributed by atoms with Crippen molar-refractivity contribution in [3.05, 3.63) is 50.7 Å². The number of nitrogens with zero attached hydrogens (tertiary/aromatic N) is 2. The molecular formula is C15H19BrClN3. The smallest absolute Gasteiger partial charge is 0.0596 e. The molecule has 0 spiro atoms. The van der Waals surface area contributed by atoms with Crippen molar-refractivity contribution in [1.29, 1.82) is 0 Å². The summed E-state index contributed by atoms with van der Waals surface area (Å²) in [6.07, 6.45) is 1.07. The van der Waals surface area contributed by atoms with Crippen LogP contribution in [0.4, 0.5) is 0 Å². The molecule has 2 aromatic rings. The molecule has 0 radical (unpaired) electrons. The third-order valence-electron chi connectivity index (χ3n) is 3.14. The Kier molecular flexibility index (Phi) is 5.64. The molecule has 1 aromatic carbocycles. The quantitative estimate of drug-likeness (QED) is 0.790. The Morgan fingerprint density at radius 3 is 2.75 bits per heavy atom. The molecule has 1 aromatic heterocycles. The molecule has 108 valence electrons. The lowest BCUT2D eigenvalue weighted by Crippen LogP contribution is -2.17. The summed E-state index contributed by atoms with van der Waals surface area (Å²) >= 11 is 9.41. The van der Waals surface area contributed by atoms with E-state index in [-0.39, 0.29) is 0 Å². The Labute approximate surface area is 133 Å². The lowest BCUT2D eigenvalue weighted by molar-refractivity contribution is 0.532. The number of benzene rings is 1. The number of aromatic nitrogens is 2. The summed E-state index contributed by atoms with van der Waals surface area (Å²) in [4.78, 5) is 0. The molecule has 0 bridgehead atoms. The van der Waals surface area contributed by atoms with Crippen LogP contribution in [0.2, 0.25) is 5.02 Å². The van der Waals surface area contributed by atoms with Crippen molar-refractivity contribution >= 4 is 27.5 Å². The van der Waals surface area contributed by atoms with Gasteiger partial charge in [-0.1, -0.05) is 17.7 Å². The molecule has 0 amide bonds. The molecule has 0 saturated heterocycles. The zero-order chi connectivity index (χ0) is 14.5. The van der Waals surface area contributed by atoms with E-state index in [1.165, 1.54) is 11.3 Å². The number of nitrogens with one attached hydrogen (secondary N) is 1. The minimum Gasteiger partial charge on any atom is -0.313 e. The van der Waals surface area contributed by atoms with Crippen molar-refractivity contribution in [3.8, 4) is 0 Å². The van der Waals surface area contributed by atoms with Gasteiger partial charge in [-0.05, 0) is 66.5 Å². The topological polar surface area (TPSA) is 29.9 Å². The van der Waals surface area contributed by atoms with Gasteiger partial charge in [0.1, 0.15) is 0 Å². The summed E-state index contributed by atoms with van der Waals surface area (Å²) in [6, 6.07) is 8.12. The van der Waals surface area contributed by atoms with Crippen LogP contribution in [0.1, 0.15) is 23.4 Å². The van der Waals surface area contributed by atoms with Gasteiger partial charge in [0.25, 0.3) is 0 Å². The van der Waals surface area contributed by atoms with Crippen molar-refractivity contribution in [3.63, 3.8) is 0 Å². The Morgan fingerprint density at radius 2 is 2.10 bits per heavy atom. The maximum Gasteiger partial charge on any atom is 0.0596 e. The predicted molar refractivity (Wildman–Crippen MR) is 87.2 cm³/mol. The highest BCUT2D eigenvalue weighted by atomic mass is 79.9. The second-order valence-electron chi connectivity index (χ2n) is 4.93. The number of hydrogen-bond donors (Lipinski definition) is 1. The molecule has 2 rings (SSSR count). The highest BCUT2D eigenvalue weighted by molar-refractivity contribution is 9.10. The molecule has 0 aliphatic carbocycles. The second-order valence-corrected chi connectivity index (χ2v) is 6.19. The average Bonchev–Trinajstić information content (AvgIpc) is 2.72. The second kappa shape index (κ2) is 7.25. The van der Waals surface area contributed by atoms with Crippen LogP contribution in [0.15, 0.2) is 28.7 Å². The summed E-state index contributed by atoms with van der Waals surface area (Å²) in [6.45, 7) is 6.90. The van der Waals surface area contributed by atoms with Gasteiger partial charge in [-0.3, -0.25) is 4.68 Å². The monoisotopic (exact) mass is 355 g/mol. The molecule has 20 heavy (non-hydrogen) atoms. The molecule has 0 atom stereocenters. The van der Waals surface area contributed by atoms with Gasteiger partial charge in [0.15, 0.2) is 0 Å². The molecule has 5 heteroatoms. The van der Waals surface area contributed by atoms with E-state index in [4.69, 9.17) is 11.6 Å². The Hall–Kier alpha value is -0.840. The Bertz CT molecular complexity index is 580. The maximum absolute atomic E-state index is 5.97. The van der Waals surface area contributed by atoms with Crippen LogP contribution < -0.4 is 5.32 Å². The largest absolute Gasteiger partial charge is 0.313 e. The van der Waals surface area contributed by atoms with Gasteiger partial charge in [-0.15, -0.1) is 0 Å². The standard InChI is InChI=1S/C15H19BrClN3/c1-11-8-12(2)20(19-11)7-3-6-18-10-13-4-5-15(17)14(16)9-13/h4-5,8-9,18H,3,6-7,10H2,1-2H3. The van der Waals surface area contributed by atoms with Gasteiger partial charge in [-0.2, -0.15) is 5.10 Å². The summed E-state index contributed by atoms with van der Waals surface area (Å²) in [5, 5.41) is 8.64. The first-order valence-corrected chi connectivity index (χ1v) is 7.89. The molecule has 0 aliphatic rings. The molecule has 1 heterocycles. The fraction of sp³-hybridized carbons (Fsp3) is 0.400. The van der Waals surface area contributed by atoms with Crippen molar-refractivity contribution in [2.75, 3.05) is 6.54 Å². The van der Waals surface area contributed by atoms with Gasteiger partial charge in [0.2, 0.25) is 0 Å². The van der Waals surface area contributed by atoms with Gasteiger partial charge in [-0.25, -0.2) is 0 Å². The fourth-order valence-electron chi connectivity index (χ4n) is 2.14. The number of aryl methyl sites for hydroxylation is 3. The lowest BCUT2D eigenvalue weighted by atomic mass is 10.2. The minimum absolute atomic E-state index is 0.748. The lowest BCUT2D eigenvalue weighted by Gasteiger charge is -2.07. The van der Waals surface area contributed by atoms with Crippen LogP contribution in [-0.4, -0.2) is 16.3 Å². The summed E-state index contributed by atoms with van der Waals surface area (Å²) in [5.74, 6) is 0. The molecule has 1 N–H and O–H groups in total. The number of halogens is 2. The van der Waals surface area contributed by atoms with Crippen molar-refractivity contribution in [2.24, 2.45) is 0 Å². The summed E-state index contributed by atoms with van der Waals surface area (Å²) < 4.78 is 3.01. The van der Waals surface area contributed by atoms with E-state index in [2.05, 4.69) is 50.1 Å². The molecule has 0 saturated carbocycles. The van der Waals surface area contributed by atoms with Crippen LogP contribution >= 0.6 is 27.5 Å². The normalized spacial score (nSPS) is 11.0. The first kappa shape index (κ1) is 15.5. The van der Waals surface area contributed by atoms with E-state index in [9.17, 15) is 0 Å². The molecule has 0 unspecified atom stereocenters. The summed E-state index contributed by atoms with van der Waals surface area (Å²) in [7, 11) is 0. The van der Waals surface area contributed by atoms with E-state index in [1.54, 1.807) is 0 Å². The highest BCUT2D eigenvalue weighted by Crippen LogP contribution is 2.23. The van der Waals surface area contributed by atoms with Crippen LogP contribution in [0.3, 0.4) is 0 Å². The first-order valence-electron chi connectivity index (χ1n) is 6.72. The maximum atomic E-state index is 5.97. The third kappa shape index (κ3) is 4.33. The van der Waals surface area contributed by atoms with Gasteiger partial charge in [0, 0.05) is 23.3 Å². The highest BCUT2D eigenvalue weighted by Gasteiger charge is 2.01. The van der Waals surface area contributed by atoms with Gasteiger partial charge >= 0.3 is 0 Å². The SMILES string of the molecule is Cc1cc(C)n(CCCNCc2ccc(Cl)c(Br)c2)n1. The van der Waals surface area contributed by atoms with Crippen LogP contribution in [0.25, 0.3) is 0 Å². The zero-order valence-corrected chi connectivity index (χ0v) is 14.1. The van der Waals surface area contributed by atoms with E-state index in [0.29, 0.717) is 0 Å². The fourth-order valence-corrected chi connectivity index (χ4v) is 2.68. The number of rotatable bonds is 6. The zero-order valence-electron chi connectivity index (χ0n) is 11.8. The molecule has 0 aliphatic heterocycles. The summed E-state index contributed by atoms with van der Waals surface area (Å²) in [5.41, 5.74) is 3.54. The Morgan fingerprint density at radius 1 is 1.30 bits per heavy atom. The minimum atomic E-state index is 0.748. The van der Waals surface area contributed by atoms with Gasteiger partial charge < -0.3 is 5.32 Å². The molecule has 3 nitrogen and oxygen atoms in total. The van der Waals surface area contributed by atoms with E-state index < -0.39 is 0 Å². The third-order valence-corrected chi connectivity index (χ3v) is 4.35. The first-order chi connectivity index (χ1) is 9.56. The van der Waals surface area contributed by atoms with Gasteiger partial charge in [0.05, 0.1) is 10.7 Å². The van der Waals surface area contributed by atoms with E-state index in [1.807, 2.05) is 19.1 Å². The van der Waals surface area contributed by atoms with Crippen LogP contribution in [0.5, 0.6) is 0 Å². The Balaban J connectivity index is 1.71. The van der Waals surface area contributed by atoms with E-state index >= 15 is 0 Å². The predicted octanol–water partition coefficient (Wildman–Crippen LogP) is 4.10. The van der Waals surface area contributed by atoms with Crippen molar-refractivity contribution in [2.45, 2.75) is 33.4 Å². The molecule has 0 fully saturated rings. The van der Waals surface area contributed by atoms with Crippen molar-refractivity contribution < 1.29 is 0 Å². The number of hydrogen-bond acceptors (Lipinski definition) is 2. The van der Waals surface area contributed by atoms with Crippen LogP contribution in [0, 0.1) is 13.8 Å². The average molecular weight is 357 g/mol. The van der Waals surface area contributed by atoms with E-state index in [0.717, 1.165) is 41.2 Å². The molecular weight excluding hydrogens is 338 g/mol. The van der Waals surface area contributed by atoms with Crippen LogP contribution in [-0.2, 0) is 13.1 Å².